The topological polar surface area (TPSA) is 70.8 Å². The van der Waals surface area contributed by atoms with Gasteiger partial charge < -0.3 is 9.32 Å². The number of hydrogen-bond acceptors (Lipinski definition) is 7. The van der Waals surface area contributed by atoms with E-state index in [-0.39, 0.29) is 23.5 Å². The lowest BCUT2D eigenvalue weighted by atomic mass is 10.2. The van der Waals surface area contributed by atoms with Crippen molar-refractivity contribution in [2.24, 2.45) is 0 Å². The number of hydrogen-bond donors (Lipinski definition) is 0. The zero-order valence-electron chi connectivity index (χ0n) is 13.2. The molecule has 3 rings (SSSR count). The molecule has 0 N–H and O–H groups in total. The van der Waals surface area contributed by atoms with Crippen LogP contribution in [0.4, 0.5) is 0 Å². The van der Waals surface area contributed by atoms with Gasteiger partial charge in [0.05, 0.1) is 29.2 Å². The van der Waals surface area contributed by atoms with Crippen LogP contribution in [0.2, 0.25) is 0 Å². The molecular formula is C15H18N2O4S3. The van der Waals surface area contributed by atoms with Crippen molar-refractivity contribution in [1.29, 1.82) is 0 Å². The van der Waals surface area contributed by atoms with Crippen molar-refractivity contribution in [2.45, 2.75) is 25.9 Å². The fourth-order valence-electron chi connectivity index (χ4n) is 2.83. The Labute approximate surface area is 150 Å². The van der Waals surface area contributed by atoms with E-state index in [0.717, 1.165) is 0 Å². The Morgan fingerprint density at radius 3 is 2.92 bits per heavy atom. The lowest BCUT2D eigenvalue weighted by Gasteiger charge is -2.25. The number of carbonyl (C=O) groups excluding carboxylic acids is 1. The molecule has 0 radical (unpaired) electrons. The minimum atomic E-state index is -2.96. The van der Waals surface area contributed by atoms with Crippen molar-refractivity contribution in [1.82, 2.24) is 9.80 Å². The van der Waals surface area contributed by atoms with Crippen LogP contribution in [0.15, 0.2) is 33.9 Å². The van der Waals surface area contributed by atoms with Gasteiger partial charge in [-0.1, -0.05) is 24.0 Å². The molecule has 6 nitrogen and oxygen atoms in total. The summed E-state index contributed by atoms with van der Waals surface area (Å²) >= 11 is 6.54. The van der Waals surface area contributed by atoms with Crippen LogP contribution in [-0.2, 0) is 21.2 Å². The van der Waals surface area contributed by atoms with E-state index >= 15 is 0 Å². The first-order chi connectivity index (χ1) is 11.4. The first-order valence-electron chi connectivity index (χ1n) is 7.63. The monoisotopic (exact) mass is 386 g/mol. The fourth-order valence-corrected chi connectivity index (χ4v) is 5.82. The van der Waals surface area contributed by atoms with Crippen LogP contribution in [-0.4, -0.2) is 52.5 Å². The highest BCUT2D eigenvalue weighted by atomic mass is 32.2. The maximum Gasteiger partial charge on any atom is 0.268 e. The zero-order chi connectivity index (χ0) is 17.3. The first kappa shape index (κ1) is 17.5. The lowest BCUT2D eigenvalue weighted by Crippen LogP contribution is -2.33. The fraction of sp³-hybridized carbons (Fsp3) is 0.467. The molecule has 1 amide bonds. The van der Waals surface area contributed by atoms with E-state index in [2.05, 4.69) is 0 Å². The van der Waals surface area contributed by atoms with E-state index < -0.39 is 9.84 Å². The summed E-state index contributed by atoms with van der Waals surface area (Å²) in [5.74, 6) is 0.855. The molecule has 0 bridgehead atoms. The number of furan rings is 1. The third kappa shape index (κ3) is 3.68. The van der Waals surface area contributed by atoms with Gasteiger partial charge in [-0.2, -0.15) is 0 Å². The second-order valence-corrected chi connectivity index (χ2v) is 9.62. The molecule has 9 heteroatoms. The smallest absolute Gasteiger partial charge is 0.268 e. The van der Waals surface area contributed by atoms with Crippen molar-refractivity contribution in [3.8, 4) is 0 Å². The maximum absolute atomic E-state index is 12.6. The Balaban J connectivity index is 1.75. The van der Waals surface area contributed by atoms with E-state index in [0.29, 0.717) is 34.5 Å². The molecule has 0 aliphatic carbocycles. The minimum absolute atomic E-state index is 0.0754. The minimum Gasteiger partial charge on any atom is -0.467 e. The molecule has 0 saturated carbocycles. The number of rotatable bonds is 5. The van der Waals surface area contributed by atoms with Crippen molar-refractivity contribution in [3.05, 3.63) is 35.3 Å². The summed E-state index contributed by atoms with van der Waals surface area (Å²) in [6.45, 7) is 2.90. The van der Waals surface area contributed by atoms with Gasteiger partial charge in [0.15, 0.2) is 9.84 Å². The second kappa shape index (κ2) is 6.89. The molecule has 1 aromatic heterocycles. The first-order valence-corrected chi connectivity index (χ1v) is 10.7. The summed E-state index contributed by atoms with van der Waals surface area (Å²) in [7, 11) is -2.96. The molecular weight excluding hydrogens is 368 g/mol. The molecule has 1 aromatic rings. The summed E-state index contributed by atoms with van der Waals surface area (Å²) in [4.78, 5) is 16.6. The van der Waals surface area contributed by atoms with Gasteiger partial charge in [0.25, 0.3) is 5.91 Å². The predicted molar refractivity (Wildman–Crippen MR) is 97.0 cm³/mol. The average molecular weight is 387 g/mol. The Morgan fingerprint density at radius 2 is 2.33 bits per heavy atom. The highest BCUT2D eigenvalue weighted by Crippen LogP contribution is 2.33. The zero-order valence-corrected chi connectivity index (χ0v) is 15.6. The van der Waals surface area contributed by atoms with Gasteiger partial charge in [-0.25, -0.2) is 8.42 Å². The number of sulfone groups is 1. The van der Waals surface area contributed by atoms with Crippen molar-refractivity contribution in [3.63, 3.8) is 0 Å². The van der Waals surface area contributed by atoms with E-state index in [1.165, 1.54) is 16.7 Å². The van der Waals surface area contributed by atoms with E-state index in [4.69, 9.17) is 16.6 Å². The third-order valence-corrected chi connectivity index (χ3v) is 7.21. The van der Waals surface area contributed by atoms with Crippen LogP contribution < -0.4 is 0 Å². The molecule has 1 atom stereocenters. The largest absolute Gasteiger partial charge is 0.467 e. The number of nitrogens with zero attached hydrogens (tertiary/aromatic N) is 2. The Hall–Kier alpha value is -1.32. The average Bonchev–Trinajstić information content (AvgIpc) is 3.22. The summed E-state index contributed by atoms with van der Waals surface area (Å²) in [6.07, 6.45) is 3.91. The van der Waals surface area contributed by atoms with Gasteiger partial charge in [0.2, 0.25) is 0 Å². The molecule has 2 aliphatic heterocycles. The SMILES string of the molecule is CCN(/C=C1\SC(=S)N(Cc2ccco2)C1=O)[C@H]1CCS(=O)(=O)C1. The van der Waals surface area contributed by atoms with Crippen molar-refractivity contribution in [2.75, 3.05) is 18.1 Å². The van der Waals surface area contributed by atoms with Gasteiger partial charge in [-0.3, -0.25) is 9.69 Å². The molecule has 24 heavy (non-hydrogen) atoms. The molecule has 130 valence electrons. The number of thioether (sulfide) groups is 1. The van der Waals surface area contributed by atoms with E-state index in [9.17, 15) is 13.2 Å². The van der Waals surface area contributed by atoms with Gasteiger partial charge in [-0.15, -0.1) is 0 Å². The molecule has 0 spiro atoms. The highest BCUT2D eigenvalue weighted by Gasteiger charge is 2.35. The quantitative estimate of drug-likeness (QED) is 0.566. The normalized spacial score (nSPS) is 25.0. The molecule has 2 fully saturated rings. The third-order valence-electron chi connectivity index (χ3n) is 4.09. The maximum atomic E-state index is 12.6. The summed E-state index contributed by atoms with van der Waals surface area (Å²) in [5, 5.41) is 0. The van der Waals surface area contributed by atoms with Gasteiger partial charge in [-0.05, 0) is 25.5 Å². The standard InChI is InChI=1S/C15H18N2O4S3/c1-2-16(11-5-7-24(19,20)10-11)9-13-14(18)17(15(22)23-13)8-12-4-3-6-21-12/h3-4,6,9,11H,2,5,7-8,10H2,1H3/b13-9-/t11-/m0/s1. The Morgan fingerprint density at radius 1 is 1.54 bits per heavy atom. The van der Waals surface area contributed by atoms with E-state index in [1.54, 1.807) is 24.6 Å². The molecule has 2 saturated heterocycles. The van der Waals surface area contributed by atoms with Crippen LogP contribution in [0.1, 0.15) is 19.1 Å². The molecule has 0 unspecified atom stereocenters. The van der Waals surface area contributed by atoms with Gasteiger partial charge in [0.1, 0.15) is 10.1 Å². The highest BCUT2D eigenvalue weighted by molar-refractivity contribution is 8.26. The van der Waals surface area contributed by atoms with Crippen molar-refractivity contribution < 1.29 is 17.6 Å². The van der Waals surface area contributed by atoms with Crippen molar-refractivity contribution >= 4 is 44.0 Å². The van der Waals surface area contributed by atoms with Gasteiger partial charge in [0, 0.05) is 18.8 Å². The molecule has 3 heterocycles. The lowest BCUT2D eigenvalue weighted by molar-refractivity contribution is -0.122. The van der Waals surface area contributed by atoms with E-state index in [1.807, 2.05) is 11.8 Å². The van der Waals surface area contributed by atoms with Crippen LogP contribution in [0.3, 0.4) is 0 Å². The van der Waals surface area contributed by atoms with Crippen LogP contribution in [0.25, 0.3) is 0 Å². The Kier molecular flexibility index (Phi) is 5.03. The predicted octanol–water partition coefficient (Wildman–Crippen LogP) is 1.99. The van der Waals surface area contributed by atoms with Crippen LogP contribution in [0.5, 0.6) is 0 Å². The number of carbonyl (C=O) groups is 1. The second-order valence-electron chi connectivity index (χ2n) is 5.72. The van der Waals surface area contributed by atoms with Crippen LogP contribution >= 0.6 is 24.0 Å². The number of amides is 1. The number of thiocarbonyl (C=S) groups is 1. The van der Waals surface area contributed by atoms with Crippen LogP contribution in [0, 0.1) is 0 Å². The summed E-state index contributed by atoms with van der Waals surface area (Å²) < 4.78 is 29.1. The molecule has 2 aliphatic rings. The summed E-state index contributed by atoms with van der Waals surface area (Å²) in [5.41, 5.74) is 0. The van der Waals surface area contributed by atoms with Gasteiger partial charge >= 0.3 is 0 Å². The summed E-state index contributed by atoms with van der Waals surface area (Å²) in [6, 6.07) is 3.49. The molecule has 0 aromatic carbocycles. The Bertz CT molecular complexity index is 771.